The predicted octanol–water partition coefficient (Wildman–Crippen LogP) is 2.61. The van der Waals surface area contributed by atoms with Gasteiger partial charge in [-0.15, -0.1) is 0 Å². The first-order valence-electron chi connectivity index (χ1n) is 7.76. The highest BCUT2D eigenvalue weighted by Gasteiger charge is 2.19. The van der Waals surface area contributed by atoms with Gasteiger partial charge in [0.2, 0.25) is 0 Å². The van der Waals surface area contributed by atoms with E-state index in [1.165, 1.54) is 11.6 Å². The van der Waals surface area contributed by atoms with Gasteiger partial charge in [-0.1, -0.05) is 36.4 Å². The predicted molar refractivity (Wildman–Crippen MR) is 88.2 cm³/mol. The minimum Gasteiger partial charge on any atom is -0.367 e. The number of hydrogen-bond acceptors (Lipinski definition) is 3. The molecule has 2 aromatic carbocycles. The number of benzene rings is 2. The molecule has 2 aromatic rings. The van der Waals surface area contributed by atoms with Crippen LogP contribution in [0.3, 0.4) is 0 Å². The van der Waals surface area contributed by atoms with E-state index < -0.39 is 0 Å². The fraction of sp³-hybridized carbons (Fsp3) is 0.333. The summed E-state index contributed by atoms with van der Waals surface area (Å²) in [7, 11) is 0. The molecule has 3 rings (SSSR count). The second kappa shape index (κ2) is 6.90. The lowest BCUT2D eigenvalue weighted by Gasteiger charge is -2.36. The summed E-state index contributed by atoms with van der Waals surface area (Å²) >= 11 is 0. The zero-order valence-electron chi connectivity index (χ0n) is 12.7. The van der Waals surface area contributed by atoms with Crippen molar-refractivity contribution in [2.24, 2.45) is 5.73 Å². The number of rotatable bonds is 4. The molecule has 0 atom stereocenters. The highest BCUT2D eigenvalue weighted by Crippen LogP contribution is 2.20. The van der Waals surface area contributed by atoms with Crippen LogP contribution in [0.15, 0.2) is 48.5 Å². The van der Waals surface area contributed by atoms with Gasteiger partial charge in [-0.25, -0.2) is 4.39 Å². The molecule has 1 saturated heterocycles. The van der Waals surface area contributed by atoms with E-state index in [1.54, 1.807) is 6.07 Å². The van der Waals surface area contributed by atoms with E-state index >= 15 is 0 Å². The van der Waals surface area contributed by atoms with Gasteiger partial charge in [0, 0.05) is 39.3 Å². The standard InChI is InChI=1S/C18H22FN3/c19-17-3-1-2-4-18(17)22-11-9-21(10-12-22)14-16-7-5-15(13-20)6-8-16/h1-8H,9-14,20H2. The first-order valence-corrected chi connectivity index (χ1v) is 7.76. The molecule has 1 fully saturated rings. The van der Waals surface area contributed by atoms with Gasteiger partial charge < -0.3 is 10.6 Å². The van der Waals surface area contributed by atoms with Gasteiger partial charge in [0.15, 0.2) is 0 Å². The van der Waals surface area contributed by atoms with E-state index in [0.29, 0.717) is 6.54 Å². The summed E-state index contributed by atoms with van der Waals surface area (Å²) in [5, 5.41) is 0. The van der Waals surface area contributed by atoms with Crippen molar-refractivity contribution in [1.29, 1.82) is 0 Å². The van der Waals surface area contributed by atoms with Crippen molar-refractivity contribution in [2.45, 2.75) is 13.1 Å². The summed E-state index contributed by atoms with van der Waals surface area (Å²) in [6, 6.07) is 15.5. The Bertz CT molecular complexity index is 604. The summed E-state index contributed by atoms with van der Waals surface area (Å²) in [4.78, 5) is 4.54. The Morgan fingerprint density at radius 1 is 0.864 bits per heavy atom. The molecule has 0 aromatic heterocycles. The molecule has 116 valence electrons. The van der Waals surface area contributed by atoms with Gasteiger partial charge in [-0.2, -0.15) is 0 Å². The van der Waals surface area contributed by atoms with E-state index in [4.69, 9.17) is 5.73 Å². The first-order chi connectivity index (χ1) is 10.8. The van der Waals surface area contributed by atoms with Crippen LogP contribution in [-0.4, -0.2) is 31.1 Å². The quantitative estimate of drug-likeness (QED) is 0.942. The number of para-hydroxylation sites is 1. The molecule has 0 radical (unpaired) electrons. The molecular formula is C18H22FN3. The van der Waals surface area contributed by atoms with Gasteiger partial charge in [-0.05, 0) is 23.3 Å². The fourth-order valence-electron chi connectivity index (χ4n) is 2.89. The highest BCUT2D eigenvalue weighted by molar-refractivity contribution is 5.48. The average molecular weight is 299 g/mol. The first kappa shape index (κ1) is 15.0. The second-order valence-electron chi connectivity index (χ2n) is 5.74. The van der Waals surface area contributed by atoms with Crippen LogP contribution in [0.2, 0.25) is 0 Å². The lowest BCUT2D eigenvalue weighted by molar-refractivity contribution is 0.249. The van der Waals surface area contributed by atoms with Gasteiger partial charge >= 0.3 is 0 Å². The van der Waals surface area contributed by atoms with Gasteiger partial charge in [0.05, 0.1) is 5.69 Å². The second-order valence-corrected chi connectivity index (χ2v) is 5.74. The third-order valence-corrected chi connectivity index (χ3v) is 4.23. The summed E-state index contributed by atoms with van der Waals surface area (Å²) in [6.45, 7) is 5.15. The van der Waals surface area contributed by atoms with Crippen LogP contribution in [0.25, 0.3) is 0 Å². The zero-order chi connectivity index (χ0) is 15.4. The Balaban J connectivity index is 1.56. The third kappa shape index (κ3) is 3.46. The maximum absolute atomic E-state index is 13.8. The van der Waals surface area contributed by atoms with E-state index in [9.17, 15) is 4.39 Å². The van der Waals surface area contributed by atoms with Crippen LogP contribution >= 0.6 is 0 Å². The molecular weight excluding hydrogens is 277 g/mol. The molecule has 0 unspecified atom stereocenters. The van der Waals surface area contributed by atoms with Crippen molar-refractivity contribution in [3.05, 3.63) is 65.5 Å². The number of halogens is 1. The molecule has 0 bridgehead atoms. The van der Waals surface area contributed by atoms with E-state index in [1.807, 2.05) is 12.1 Å². The minimum atomic E-state index is -0.131. The number of hydrogen-bond donors (Lipinski definition) is 1. The molecule has 0 saturated carbocycles. The van der Waals surface area contributed by atoms with Crippen LogP contribution in [-0.2, 0) is 13.1 Å². The van der Waals surface area contributed by atoms with E-state index in [2.05, 4.69) is 34.1 Å². The largest absolute Gasteiger partial charge is 0.367 e. The average Bonchev–Trinajstić information content (AvgIpc) is 2.57. The molecule has 0 aliphatic carbocycles. The molecule has 0 amide bonds. The smallest absolute Gasteiger partial charge is 0.146 e. The van der Waals surface area contributed by atoms with Gasteiger partial charge in [-0.3, -0.25) is 4.90 Å². The monoisotopic (exact) mass is 299 g/mol. The summed E-state index contributed by atoms with van der Waals surface area (Å²) < 4.78 is 13.8. The van der Waals surface area contributed by atoms with E-state index in [0.717, 1.165) is 44.0 Å². The molecule has 22 heavy (non-hydrogen) atoms. The Kier molecular flexibility index (Phi) is 4.71. The highest BCUT2D eigenvalue weighted by atomic mass is 19.1. The van der Waals surface area contributed by atoms with Crippen molar-refractivity contribution < 1.29 is 4.39 Å². The van der Waals surface area contributed by atoms with Gasteiger partial charge in [0.25, 0.3) is 0 Å². The maximum Gasteiger partial charge on any atom is 0.146 e. The van der Waals surface area contributed by atoms with Crippen LogP contribution in [0.1, 0.15) is 11.1 Å². The van der Waals surface area contributed by atoms with Crippen molar-refractivity contribution >= 4 is 5.69 Å². The van der Waals surface area contributed by atoms with Crippen molar-refractivity contribution in [1.82, 2.24) is 4.90 Å². The minimum absolute atomic E-state index is 0.131. The zero-order valence-corrected chi connectivity index (χ0v) is 12.7. The van der Waals surface area contributed by atoms with Crippen LogP contribution in [0.4, 0.5) is 10.1 Å². The van der Waals surface area contributed by atoms with Crippen molar-refractivity contribution in [3.63, 3.8) is 0 Å². The third-order valence-electron chi connectivity index (χ3n) is 4.23. The Morgan fingerprint density at radius 2 is 1.50 bits per heavy atom. The Labute approximate surface area is 131 Å². The molecule has 1 aliphatic heterocycles. The van der Waals surface area contributed by atoms with E-state index in [-0.39, 0.29) is 5.82 Å². The Morgan fingerprint density at radius 3 is 2.14 bits per heavy atom. The number of anilines is 1. The number of nitrogens with zero attached hydrogens (tertiary/aromatic N) is 2. The topological polar surface area (TPSA) is 32.5 Å². The summed E-state index contributed by atoms with van der Waals surface area (Å²) in [5.74, 6) is -0.131. The number of piperazine rings is 1. The molecule has 1 aliphatic rings. The Hall–Kier alpha value is -1.91. The fourth-order valence-corrected chi connectivity index (χ4v) is 2.89. The van der Waals surface area contributed by atoms with Gasteiger partial charge in [0.1, 0.15) is 5.82 Å². The maximum atomic E-state index is 13.8. The lowest BCUT2D eigenvalue weighted by Crippen LogP contribution is -2.46. The summed E-state index contributed by atoms with van der Waals surface area (Å²) in [6.07, 6.45) is 0. The van der Waals surface area contributed by atoms with Crippen molar-refractivity contribution in [3.8, 4) is 0 Å². The molecule has 3 nitrogen and oxygen atoms in total. The molecule has 1 heterocycles. The van der Waals surface area contributed by atoms with Crippen LogP contribution in [0.5, 0.6) is 0 Å². The molecule has 0 spiro atoms. The van der Waals surface area contributed by atoms with Crippen LogP contribution in [0, 0.1) is 5.82 Å². The van der Waals surface area contributed by atoms with Crippen molar-refractivity contribution in [2.75, 3.05) is 31.1 Å². The molecule has 2 N–H and O–H groups in total. The van der Waals surface area contributed by atoms with Crippen LogP contribution < -0.4 is 10.6 Å². The number of nitrogens with two attached hydrogens (primary N) is 1. The normalized spacial score (nSPS) is 16.0. The summed E-state index contributed by atoms with van der Waals surface area (Å²) in [5.41, 5.74) is 8.80. The SMILES string of the molecule is NCc1ccc(CN2CCN(c3ccccc3F)CC2)cc1. The molecule has 4 heteroatoms. The lowest BCUT2D eigenvalue weighted by atomic mass is 10.1.